The molecule has 1 aromatic heterocycles. The van der Waals surface area contributed by atoms with E-state index >= 15 is 0 Å². The number of rotatable bonds is 2. The molecule has 0 bridgehead atoms. The van der Waals surface area contributed by atoms with Gasteiger partial charge in [-0.1, -0.05) is 11.6 Å². The molecule has 0 aliphatic heterocycles. The summed E-state index contributed by atoms with van der Waals surface area (Å²) in [5.74, 6) is -0.0993. The van der Waals surface area contributed by atoms with Crippen molar-refractivity contribution in [2.24, 2.45) is 0 Å². The number of aromatic hydroxyl groups is 1. The zero-order valence-electron chi connectivity index (χ0n) is 9.51. The predicted molar refractivity (Wildman–Crippen MR) is 67.8 cm³/mol. The van der Waals surface area contributed by atoms with Crippen LogP contribution in [0.5, 0.6) is 5.75 Å². The van der Waals surface area contributed by atoms with Gasteiger partial charge >= 0.3 is 0 Å². The van der Waals surface area contributed by atoms with Gasteiger partial charge in [0.15, 0.2) is 0 Å². The molecule has 6 heteroatoms. The van der Waals surface area contributed by atoms with E-state index in [1.165, 1.54) is 30.5 Å². The van der Waals surface area contributed by atoms with E-state index < -0.39 is 0 Å². The van der Waals surface area contributed by atoms with E-state index in [9.17, 15) is 9.90 Å². The Kier molecular flexibility index (Phi) is 3.43. The Morgan fingerprint density at radius 3 is 2.83 bits per heavy atom. The van der Waals surface area contributed by atoms with Crippen molar-refractivity contribution in [3.05, 3.63) is 46.7 Å². The van der Waals surface area contributed by atoms with Crippen LogP contribution in [-0.2, 0) is 0 Å². The Balaban J connectivity index is 2.22. The van der Waals surface area contributed by atoms with Crippen LogP contribution < -0.4 is 5.32 Å². The fourth-order valence-electron chi connectivity index (χ4n) is 1.47. The number of phenolic OH excluding ortho intramolecular Hbond substituents is 1. The van der Waals surface area contributed by atoms with Gasteiger partial charge in [-0.05, 0) is 36.8 Å². The Labute approximate surface area is 108 Å². The van der Waals surface area contributed by atoms with E-state index in [4.69, 9.17) is 11.6 Å². The van der Waals surface area contributed by atoms with Crippen LogP contribution in [0.2, 0.25) is 5.15 Å². The molecule has 0 spiro atoms. The highest BCUT2D eigenvalue weighted by Crippen LogP contribution is 2.16. The van der Waals surface area contributed by atoms with Gasteiger partial charge in [0.05, 0.1) is 0 Å². The van der Waals surface area contributed by atoms with Crippen LogP contribution in [0.15, 0.2) is 30.5 Å². The molecule has 1 amide bonds. The molecule has 2 rings (SSSR count). The number of carbonyl (C=O) groups excluding carboxylic acids is 1. The number of hydrogen-bond donors (Lipinski definition) is 2. The van der Waals surface area contributed by atoms with Crippen molar-refractivity contribution in [3.8, 4) is 5.75 Å². The summed E-state index contributed by atoms with van der Waals surface area (Å²) in [6.45, 7) is 1.73. The van der Waals surface area contributed by atoms with Gasteiger partial charge in [0, 0.05) is 11.8 Å². The van der Waals surface area contributed by atoms with Gasteiger partial charge in [0.1, 0.15) is 10.9 Å². The number of hydrogen-bond acceptors (Lipinski definition) is 4. The number of anilines is 1. The monoisotopic (exact) mass is 263 g/mol. The van der Waals surface area contributed by atoms with Crippen molar-refractivity contribution in [1.29, 1.82) is 0 Å². The topological polar surface area (TPSA) is 75.1 Å². The Hall–Kier alpha value is -2.14. The summed E-state index contributed by atoms with van der Waals surface area (Å²) in [5.41, 5.74) is 1.10. The van der Waals surface area contributed by atoms with Crippen LogP contribution in [0.4, 0.5) is 5.95 Å². The second kappa shape index (κ2) is 5.01. The maximum absolute atomic E-state index is 11.9. The highest BCUT2D eigenvalue weighted by Gasteiger charge is 2.11. The molecule has 0 fully saturated rings. The maximum atomic E-state index is 11.9. The fraction of sp³-hybridized carbons (Fsp3) is 0.0833. The van der Waals surface area contributed by atoms with Crippen LogP contribution >= 0.6 is 11.6 Å². The lowest BCUT2D eigenvalue weighted by Crippen LogP contribution is -2.15. The van der Waals surface area contributed by atoms with Crippen LogP contribution in [0.25, 0.3) is 0 Å². The van der Waals surface area contributed by atoms with E-state index in [2.05, 4.69) is 15.3 Å². The molecule has 5 nitrogen and oxygen atoms in total. The van der Waals surface area contributed by atoms with Gasteiger partial charge < -0.3 is 5.11 Å². The van der Waals surface area contributed by atoms with Crippen molar-refractivity contribution in [2.45, 2.75) is 6.92 Å². The molecule has 1 aromatic carbocycles. The number of aromatic nitrogens is 2. The van der Waals surface area contributed by atoms with E-state index in [1.54, 1.807) is 6.92 Å². The number of phenols is 1. The SMILES string of the molecule is Cc1cc(O)ccc1C(=O)Nc1nccc(Cl)n1. The summed E-state index contributed by atoms with van der Waals surface area (Å²) in [7, 11) is 0. The van der Waals surface area contributed by atoms with Crippen molar-refractivity contribution in [3.63, 3.8) is 0 Å². The second-order valence-electron chi connectivity index (χ2n) is 3.66. The number of amides is 1. The molecule has 1 heterocycles. The molecule has 0 saturated carbocycles. The maximum Gasteiger partial charge on any atom is 0.258 e. The minimum atomic E-state index is -0.352. The quantitative estimate of drug-likeness (QED) is 0.816. The first-order valence-electron chi connectivity index (χ1n) is 5.16. The molecule has 2 N–H and O–H groups in total. The van der Waals surface area contributed by atoms with Crippen molar-refractivity contribution in [2.75, 3.05) is 5.32 Å². The van der Waals surface area contributed by atoms with E-state index in [-0.39, 0.29) is 22.8 Å². The zero-order chi connectivity index (χ0) is 13.1. The number of benzene rings is 1. The van der Waals surface area contributed by atoms with Gasteiger partial charge in [0.25, 0.3) is 5.91 Å². The first-order valence-corrected chi connectivity index (χ1v) is 5.53. The molecule has 18 heavy (non-hydrogen) atoms. The highest BCUT2D eigenvalue weighted by molar-refractivity contribution is 6.29. The van der Waals surface area contributed by atoms with Crippen molar-refractivity contribution >= 4 is 23.5 Å². The average molecular weight is 264 g/mol. The first kappa shape index (κ1) is 12.3. The lowest BCUT2D eigenvalue weighted by atomic mass is 10.1. The molecule has 0 aliphatic carbocycles. The van der Waals surface area contributed by atoms with Gasteiger partial charge in [0.2, 0.25) is 5.95 Å². The predicted octanol–water partition coefficient (Wildman–Crippen LogP) is 2.40. The minimum Gasteiger partial charge on any atom is -0.508 e. The van der Waals surface area contributed by atoms with E-state index in [1.807, 2.05) is 0 Å². The number of aryl methyl sites for hydroxylation is 1. The second-order valence-corrected chi connectivity index (χ2v) is 4.04. The lowest BCUT2D eigenvalue weighted by molar-refractivity contribution is 0.102. The smallest absolute Gasteiger partial charge is 0.258 e. The third-order valence-corrected chi connectivity index (χ3v) is 2.51. The van der Waals surface area contributed by atoms with Crippen molar-refractivity contribution in [1.82, 2.24) is 9.97 Å². The summed E-state index contributed by atoms with van der Waals surface area (Å²) >= 11 is 5.69. The third kappa shape index (κ3) is 2.75. The number of nitrogens with one attached hydrogen (secondary N) is 1. The van der Waals surface area contributed by atoms with E-state index in [0.717, 1.165) is 0 Å². The average Bonchev–Trinajstić information content (AvgIpc) is 2.28. The number of nitrogens with zero attached hydrogens (tertiary/aromatic N) is 2. The van der Waals surface area contributed by atoms with E-state index in [0.29, 0.717) is 11.1 Å². The largest absolute Gasteiger partial charge is 0.508 e. The Morgan fingerprint density at radius 2 is 2.17 bits per heavy atom. The van der Waals surface area contributed by atoms with Gasteiger partial charge in [-0.25, -0.2) is 9.97 Å². The van der Waals surface area contributed by atoms with Crippen molar-refractivity contribution < 1.29 is 9.90 Å². The summed E-state index contributed by atoms with van der Waals surface area (Å²) in [6, 6.07) is 6.00. The molecule has 0 unspecified atom stereocenters. The molecule has 0 atom stereocenters. The third-order valence-electron chi connectivity index (χ3n) is 2.30. The van der Waals surface area contributed by atoms with Gasteiger partial charge in [-0.3, -0.25) is 10.1 Å². The molecule has 92 valence electrons. The molecule has 0 saturated heterocycles. The standard InChI is InChI=1S/C12H10ClN3O2/c1-7-6-8(17)2-3-9(7)11(18)16-12-14-5-4-10(13)15-12/h2-6,17H,1H3,(H,14,15,16,18). The highest BCUT2D eigenvalue weighted by atomic mass is 35.5. The summed E-state index contributed by atoms with van der Waals surface area (Å²) < 4.78 is 0. The van der Waals surface area contributed by atoms with Crippen LogP contribution in [0.3, 0.4) is 0 Å². The van der Waals surface area contributed by atoms with Crippen LogP contribution in [-0.4, -0.2) is 21.0 Å². The Morgan fingerprint density at radius 1 is 1.39 bits per heavy atom. The number of halogens is 1. The molecule has 2 aromatic rings. The van der Waals surface area contributed by atoms with Crippen LogP contribution in [0.1, 0.15) is 15.9 Å². The molecular formula is C12H10ClN3O2. The minimum absolute atomic E-state index is 0.114. The summed E-state index contributed by atoms with van der Waals surface area (Å²) in [4.78, 5) is 19.7. The molecule has 0 radical (unpaired) electrons. The molecule has 0 aliphatic rings. The molecular weight excluding hydrogens is 254 g/mol. The fourth-order valence-corrected chi connectivity index (χ4v) is 1.60. The van der Waals surface area contributed by atoms with Gasteiger partial charge in [-0.2, -0.15) is 0 Å². The van der Waals surface area contributed by atoms with Crippen LogP contribution in [0, 0.1) is 6.92 Å². The Bertz CT molecular complexity index is 602. The normalized spacial score (nSPS) is 10.1. The van der Waals surface area contributed by atoms with Gasteiger partial charge in [-0.15, -0.1) is 0 Å². The number of carbonyl (C=O) groups is 1. The lowest BCUT2D eigenvalue weighted by Gasteiger charge is -2.06. The first-order chi connectivity index (χ1) is 8.56. The zero-order valence-corrected chi connectivity index (χ0v) is 10.3. The summed E-state index contributed by atoms with van der Waals surface area (Å²) in [5, 5.41) is 12.1. The summed E-state index contributed by atoms with van der Waals surface area (Å²) in [6.07, 6.45) is 1.45.